The standard InChI is InChI=1S/C14H21ClO2/c1-8(2)10-6-11(15)9(3)12(13(10)17)14(4,5)7-16/h6,8,16-17H,7H2,1-5H3. The summed E-state index contributed by atoms with van der Waals surface area (Å²) in [6.45, 7) is 9.66. The number of halogens is 1. The van der Waals surface area contributed by atoms with Crippen LogP contribution in [0.2, 0.25) is 5.02 Å². The highest BCUT2D eigenvalue weighted by atomic mass is 35.5. The van der Waals surface area contributed by atoms with Crippen molar-refractivity contribution in [1.29, 1.82) is 0 Å². The van der Waals surface area contributed by atoms with Crippen LogP contribution in [-0.4, -0.2) is 16.8 Å². The van der Waals surface area contributed by atoms with Crippen LogP contribution in [-0.2, 0) is 5.41 Å². The van der Waals surface area contributed by atoms with E-state index in [4.69, 9.17) is 11.6 Å². The van der Waals surface area contributed by atoms with E-state index in [0.717, 1.165) is 16.7 Å². The number of aliphatic hydroxyl groups excluding tert-OH is 1. The smallest absolute Gasteiger partial charge is 0.123 e. The van der Waals surface area contributed by atoms with Crippen LogP contribution < -0.4 is 0 Å². The molecule has 1 rings (SSSR count). The summed E-state index contributed by atoms with van der Waals surface area (Å²) in [4.78, 5) is 0. The first-order valence-electron chi connectivity index (χ1n) is 5.85. The molecule has 17 heavy (non-hydrogen) atoms. The van der Waals surface area contributed by atoms with E-state index >= 15 is 0 Å². The maximum absolute atomic E-state index is 10.4. The molecular weight excluding hydrogens is 236 g/mol. The van der Waals surface area contributed by atoms with Crippen LogP contribution >= 0.6 is 11.6 Å². The van der Waals surface area contributed by atoms with Crippen molar-refractivity contribution in [3.05, 3.63) is 27.8 Å². The number of aromatic hydroxyl groups is 1. The lowest BCUT2D eigenvalue weighted by molar-refractivity contribution is 0.214. The SMILES string of the molecule is Cc1c(Cl)cc(C(C)C)c(O)c1C(C)(C)CO. The second-order valence-electron chi connectivity index (χ2n) is 5.49. The predicted octanol–water partition coefficient (Wildman–Crippen LogP) is 3.75. The Hall–Kier alpha value is -0.730. The van der Waals surface area contributed by atoms with Gasteiger partial charge in [0.1, 0.15) is 5.75 Å². The Balaban J connectivity index is 3.58. The highest BCUT2D eigenvalue weighted by Crippen LogP contribution is 2.41. The van der Waals surface area contributed by atoms with Crippen molar-refractivity contribution in [3.8, 4) is 5.75 Å². The molecule has 3 heteroatoms. The monoisotopic (exact) mass is 256 g/mol. The molecule has 0 saturated carbocycles. The molecule has 0 aliphatic carbocycles. The maximum atomic E-state index is 10.4. The Morgan fingerprint density at radius 3 is 2.29 bits per heavy atom. The molecule has 0 aliphatic rings. The number of phenols is 1. The zero-order chi connectivity index (χ0) is 13.4. The maximum Gasteiger partial charge on any atom is 0.123 e. The molecule has 0 aliphatic heterocycles. The van der Waals surface area contributed by atoms with Crippen LogP contribution in [0, 0.1) is 6.92 Å². The van der Waals surface area contributed by atoms with Crippen molar-refractivity contribution in [2.75, 3.05) is 6.61 Å². The van der Waals surface area contributed by atoms with E-state index in [0.29, 0.717) is 5.02 Å². The number of phenolic OH excluding ortho intramolecular Hbond substituents is 1. The Morgan fingerprint density at radius 2 is 1.88 bits per heavy atom. The van der Waals surface area contributed by atoms with E-state index in [1.54, 1.807) is 0 Å². The molecule has 0 atom stereocenters. The van der Waals surface area contributed by atoms with E-state index in [1.165, 1.54) is 0 Å². The van der Waals surface area contributed by atoms with E-state index in [2.05, 4.69) is 0 Å². The zero-order valence-corrected chi connectivity index (χ0v) is 11.9. The zero-order valence-electron chi connectivity index (χ0n) is 11.1. The molecule has 0 radical (unpaired) electrons. The van der Waals surface area contributed by atoms with E-state index in [-0.39, 0.29) is 18.3 Å². The molecule has 2 N–H and O–H groups in total. The van der Waals surface area contributed by atoms with Gasteiger partial charge in [-0.25, -0.2) is 0 Å². The summed E-state index contributed by atoms with van der Waals surface area (Å²) in [6, 6.07) is 1.81. The fourth-order valence-corrected chi connectivity index (χ4v) is 2.31. The highest BCUT2D eigenvalue weighted by Gasteiger charge is 2.28. The van der Waals surface area contributed by atoms with Gasteiger partial charge in [-0.05, 0) is 30.0 Å². The lowest BCUT2D eigenvalue weighted by Crippen LogP contribution is -2.24. The van der Waals surface area contributed by atoms with Crippen molar-refractivity contribution in [1.82, 2.24) is 0 Å². The minimum atomic E-state index is -0.497. The fourth-order valence-electron chi connectivity index (χ4n) is 2.10. The van der Waals surface area contributed by atoms with Crippen molar-refractivity contribution >= 4 is 11.6 Å². The first kappa shape index (κ1) is 14.3. The number of aliphatic hydroxyl groups is 1. The number of hydrogen-bond acceptors (Lipinski definition) is 2. The molecule has 1 aromatic carbocycles. The minimum absolute atomic E-state index is 0.0285. The molecule has 0 spiro atoms. The summed E-state index contributed by atoms with van der Waals surface area (Å²) in [7, 11) is 0. The van der Waals surface area contributed by atoms with Gasteiger partial charge >= 0.3 is 0 Å². The van der Waals surface area contributed by atoms with Crippen molar-refractivity contribution in [2.24, 2.45) is 0 Å². The van der Waals surface area contributed by atoms with Crippen LogP contribution in [0.1, 0.15) is 50.3 Å². The van der Waals surface area contributed by atoms with Gasteiger partial charge in [-0.3, -0.25) is 0 Å². The Bertz CT molecular complexity index is 423. The summed E-state index contributed by atoms with van der Waals surface area (Å²) < 4.78 is 0. The molecule has 0 fully saturated rings. The summed E-state index contributed by atoms with van der Waals surface area (Å²) in [6.07, 6.45) is 0. The van der Waals surface area contributed by atoms with Gasteiger partial charge in [0.15, 0.2) is 0 Å². The molecule has 0 heterocycles. The summed E-state index contributed by atoms with van der Waals surface area (Å²) in [5.41, 5.74) is 1.92. The van der Waals surface area contributed by atoms with E-state index < -0.39 is 5.41 Å². The number of rotatable bonds is 3. The molecule has 96 valence electrons. The van der Waals surface area contributed by atoms with Gasteiger partial charge in [0.2, 0.25) is 0 Å². The average Bonchev–Trinajstić information content (AvgIpc) is 2.23. The average molecular weight is 257 g/mol. The number of benzene rings is 1. The molecule has 0 saturated heterocycles. The van der Waals surface area contributed by atoms with Crippen LogP contribution in [0.5, 0.6) is 5.75 Å². The Labute approximate surface area is 108 Å². The van der Waals surface area contributed by atoms with Crippen molar-refractivity contribution < 1.29 is 10.2 Å². The second kappa shape index (κ2) is 4.87. The first-order valence-corrected chi connectivity index (χ1v) is 6.23. The minimum Gasteiger partial charge on any atom is -0.507 e. The third-order valence-electron chi connectivity index (χ3n) is 3.22. The quantitative estimate of drug-likeness (QED) is 0.865. The summed E-state index contributed by atoms with van der Waals surface area (Å²) >= 11 is 6.21. The lowest BCUT2D eigenvalue weighted by Gasteiger charge is -2.28. The van der Waals surface area contributed by atoms with Crippen LogP contribution in [0.15, 0.2) is 6.07 Å². The van der Waals surface area contributed by atoms with Gasteiger partial charge in [0.05, 0.1) is 6.61 Å². The second-order valence-corrected chi connectivity index (χ2v) is 5.90. The summed E-state index contributed by atoms with van der Waals surface area (Å²) in [5, 5.41) is 20.5. The number of hydrogen-bond donors (Lipinski definition) is 2. The van der Waals surface area contributed by atoms with Gasteiger partial charge in [0, 0.05) is 16.0 Å². The largest absolute Gasteiger partial charge is 0.507 e. The van der Waals surface area contributed by atoms with Gasteiger partial charge < -0.3 is 10.2 Å². The molecule has 1 aromatic rings. The third kappa shape index (κ3) is 2.58. The highest BCUT2D eigenvalue weighted by molar-refractivity contribution is 6.31. The van der Waals surface area contributed by atoms with E-state index in [9.17, 15) is 10.2 Å². The normalized spacial score (nSPS) is 12.2. The van der Waals surface area contributed by atoms with Crippen molar-refractivity contribution in [3.63, 3.8) is 0 Å². The molecule has 0 bridgehead atoms. The Morgan fingerprint density at radius 1 is 1.35 bits per heavy atom. The molecule has 0 unspecified atom stereocenters. The van der Waals surface area contributed by atoms with Gasteiger partial charge in [0.25, 0.3) is 0 Å². The molecule has 2 nitrogen and oxygen atoms in total. The van der Waals surface area contributed by atoms with Crippen LogP contribution in [0.4, 0.5) is 0 Å². The predicted molar refractivity (Wildman–Crippen MR) is 72.1 cm³/mol. The van der Waals surface area contributed by atoms with E-state index in [1.807, 2.05) is 40.7 Å². The van der Waals surface area contributed by atoms with Gasteiger partial charge in [-0.15, -0.1) is 0 Å². The van der Waals surface area contributed by atoms with Gasteiger partial charge in [-0.1, -0.05) is 39.3 Å². The first-order chi connectivity index (χ1) is 7.72. The Kier molecular flexibility index (Phi) is 4.11. The third-order valence-corrected chi connectivity index (χ3v) is 3.61. The molecule has 0 amide bonds. The lowest BCUT2D eigenvalue weighted by atomic mass is 9.80. The van der Waals surface area contributed by atoms with Crippen LogP contribution in [0.3, 0.4) is 0 Å². The van der Waals surface area contributed by atoms with Crippen molar-refractivity contribution in [2.45, 2.75) is 46.0 Å². The fraction of sp³-hybridized carbons (Fsp3) is 0.571. The topological polar surface area (TPSA) is 40.5 Å². The molecule has 0 aromatic heterocycles. The van der Waals surface area contributed by atoms with Crippen LogP contribution in [0.25, 0.3) is 0 Å². The molecular formula is C14H21ClO2. The summed E-state index contributed by atoms with van der Waals surface area (Å²) in [5.74, 6) is 0.460. The van der Waals surface area contributed by atoms with Gasteiger partial charge in [-0.2, -0.15) is 0 Å².